The SMILES string of the molecule is c1ccc(-c2ccc(N(c3ccccc3)c3cc4sc5ccccc5c4cc3-c3ccc4oc5ccccc5c4c3)cc2)cc1. The van der Waals surface area contributed by atoms with E-state index in [0.717, 1.165) is 44.6 Å². The van der Waals surface area contributed by atoms with Gasteiger partial charge in [-0.05, 0) is 77.4 Å². The van der Waals surface area contributed by atoms with Crippen molar-refractivity contribution in [2.75, 3.05) is 4.90 Å². The van der Waals surface area contributed by atoms with Crippen molar-refractivity contribution in [3.63, 3.8) is 0 Å². The molecule has 0 fully saturated rings. The Morgan fingerprint density at radius 3 is 1.84 bits per heavy atom. The van der Waals surface area contributed by atoms with Gasteiger partial charge in [0.2, 0.25) is 0 Å². The van der Waals surface area contributed by atoms with Crippen LogP contribution in [-0.4, -0.2) is 0 Å². The van der Waals surface area contributed by atoms with Gasteiger partial charge in [0.25, 0.3) is 0 Å². The minimum absolute atomic E-state index is 0.903. The monoisotopic (exact) mass is 593 g/mol. The van der Waals surface area contributed by atoms with Crippen LogP contribution in [0.25, 0.3) is 64.4 Å². The zero-order chi connectivity index (χ0) is 29.7. The largest absolute Gasteiger partial charge is 0.456 e. The van der Waals surface area contributed by atoms with Crippen molar-refractivity contribution in [3.05, 3.63) is 164 Å². The molecule has 0 aliphatic carbocycles. The molecule has 0 amide bonds. The lowest BCUT2D eigenvalue weighted by Gasteiger charge is -2.28. The van der Waals surface area contributed by atoms with E-state index in [1.54, 1.807) is 0 Å². The highest BCUT2D eigenvalue weighted by Gasteiger charge is 2.21. The van der Waals surface area contributed by atoms with E-state index in [4.69, 9.17) is 4.42 Å². The molecule has 0 aliphatic heterocycles. The van der Waals surface area contributed by atoms with Crippen LogP contribution in [0.1, 0.15) is 0 Å². The highest BCUT2D eigenvalue weighted by Crippen LogP contribution is 2.47. The van der Waals surface area contributed by atoms with Crippen molar-refractivity contribution >= 4 is 70.5 Å². The van der Waals surface area contributed by atoms with Crippen molar-refractivity contribution in [2.45, 2.75) is 0 Å². The van der Waals surface area contributed by atoms with E-state index < -0.39 is 0 Å². The fourth-order valence-corrected chi connectivity index (χ4v) is 7.63. The van der Waals surface area contributed by atoms with E-state index in [2.05, 4.69) is 157 Å². The van der Waals surface area contributed by atoms with Gasteiger partial charge >= 0.3 is 0 Å². The number of fused-ring (bicyclic) bond motifs is 6. The third-order valence-corrected chi connectivity index (χ3v) is 9.80. The highest BCUT2D eigenvalue weighted by molar-refractivity contribution is 7.25. The summed E-state index contributed by atoms with van der Waals surface area (Å²) >= 11 is 1.85. The zero-order valence-electron chi connectivity index (χ0n) is 24.4. The summed E-state index contributed by atoms with van der Waals surface area (Å²) < 4.78 is 8.78. The normalized spacial score (nSPS) is 11.6. The van der Waals surface area contributed by atoms with E-state index in [9.17, 15) is 0 Å². The Balaban J connectivity index is 1.31. The summed E-state index contributed by atoms with van der Waals surface area (Å²) in [6.45, 7) is 0. The Bertz CT molecular complexity index is 2470. The maximum Gasteiger partial charge on any atom is 0.135 e. The van der Waals surface area contributed by atoms with E-state index in [1.165, 1.54) is 36.9 Å². The molecule has 0 saturated carbocycles. The van der Waals surface area contributed by atoms with Gasteiger partial charge in [0.1, 0.15) is 11.2 Å². The molecule has 0 radical (unpaired) electrons. The first-order valence-electron chi connectivity index (χ1n) is 15.2. The molecule has 2 nitrogen and oxygen atoms in total. The van der Waals surface area contributed by atoms with Gasteiger partial charge in [-0.1, -0.05) is 103 Å². The van der Waals surface area contributed by atoms with Crippen LogP contribution in [0.2, 0.25) is 0 Å². The minimum atomic E-state index is 0.903. The number of rotatable bonds is 5. The summed E-state index contributed by atoms with van der Waals surface area (Å²) in [6.07, 6.45) is 0. The van der Waals surface area contributed by atoms with Gasteiger partial charge in [0, 0.05) is 47.9 Å². The Morgan fingerprint density at radius 1 is 0.400 bits per heavy atom. The first-order valence-corrected chi connectivity index (χ1v) is 16.0. The lowest BCUT2D eigenvalue weighted by atomic mass is 9.97. The van der Waals surface area contributed by atoms with Gasteiger partial charge < -0.3 is 9.32 Å². The summed E-state index contributed by atoms with van der Waals surface area (Å²) in [4.78, 5) is 2.39. The number of hydrogen-bond acceptors (Lipinski definition) is 3. The van der Waals surface area contributed by atoms with E-state index >= 15 is 0 Å². The standard InChI is InChI=1S/C42H27NOS/c1-3-11-28(12-4-1)29-19-22-32(23-20-29)43(31-13-5-2-6-14-31)38-27-42-37(34-16-8-10-18-41(34)45-42)26-35(38)30-21-24-40-36(25-30)33-15-7-9-17-39(33)44-40/h1-27H. The lowest BCUT2D eigenvalue weighted by molar-refractivity contribution is 0.669. The molecule has 0 N–H and O–H groups in total. The number of benzene rings is 7. The molecule has 7 aromatic carbocycles. The minimum Gasteiger partial charge on any atom is -0.456 e. The number of furan rings is 1. The maximum absolute atomic E-state index is 6.21. The zero-order valence-corrected chi connectivity index (χ0v) is 25.2. The molecule has 0 atom stereocenters. The number of thiophene rings is 1. The second-order valence-corrected chi connectivity index (χ2v) is 12.4. The quantitative estimate of drug-likeness (QED) is 0.197. The fourth-order valence-electron chi connectivity index (χ4n) is 6.51. The van der Waals surface area contributed by atoms with Gasteiger partial charge in [-0.25, -0.2) is 0 Å². The second kappa shape index (κ2) is 10.5. The summed E-state index contributed by atoms with van der Waals surface area (Å²) in [5.41, 5.74) is 9.91. The second-order valence-electron chi connectivity index (χ2n) is 11.4. The molecule has 0 aliphatic rings. The lowest BCUT2D eigenvalue weighted by Crippen LogP contribution is -2.11. The molecule has 212 valence electrons. The average molecular weight is 594 g/mol. The number of anilines is 3. The third kappa shape index (κ3) is 4.40. The molecule has 2 aromatic heterocycles. The van der Waals surface area contributed by atoms with Crippen LogP contribution in [0.5, 0.6) is 0 Å². The predicted octanol–water partition coefficient (Wildman–Crippen LogP) is 12.8. The Labute approximate surface area is 265 Å². The predicted molar refractivity (Wildman–Crippen MR) is 192 cm³/mol. The Kier molecular flexibility index (Phi) is 6.03. The van der Waals surface area contributed by atoms with Crippen LogP contribution < -0.4 is 4.90 Å². The van der Waals surface area contributed by atoms with Gasteiger partial charge in [-0.3, -0.25) is 0 Å². The third-order valence-electron chi connectivity index (χ3n) is 8.67. The number of nitrogens with zero attached hydrogens (tertiary/aromatic N) is 1. The Morgan fingerprint density at radius 2 is 1.02 bits per heavy atom. The molecular formula is C42H27NOS. The van der Waals surface area contributed by atoms with E-state index in [0.29, 0.717) is 0 Å². The summed E-state index contributed by atoms with van der Waals surface area (Å²) in [5, 5.41) is 4.83. The summed E-state index contributed by atoms with van der Waals surface area (Å²) in [5.74, 6) is 0. The van der Waals surface area contributed by atoms with Gasteiger partial charge in [-0.15, -0.1) is 11.3 Å². The molecule has 0 unspecified atom stereocenters. The van der Waals surface area contributed by atoms with E-state index in [-0.39, 0.29) is 0 Å². The van der Waals surface area contributed by atoms with Crippen LogP contribution in [0.4, 0.5) is 17.1 Å². The van der Waals surface area contributed by atoms with Crippen molar-refractivity contribution < 1.29 is 4.42 Å². The van der Waals surface area contributed by atoms with Crippen LogP contribution in [-0.2, 0) is 0 Å². The van der Waals surface area contributed by atoms with Crippen molar-refractivity contribution in [3.8, 4) is 22.3 Å². The summed E-state index contributed by atoms with van der Waals surface area (Å²) in [7, 11) is 0. The van der Waals surface area contributed by atoms with Crippen LogP contribution >= 0.6 is 11.3 Å². The molecule has 9 aromatic rings. The van der Waals surface area contributed by atoms with Crippen molar-refractivity contribution in [1.82, 2.24) is 0 Å². The van der Waals surface area contributed by atoms with Gasteiger partial charge in [0.15, 0.2) is 0 Å². The summed E-state index contributed by atoms with van der Waals surface area (Å²) in [6, 6.07) is 58.6. The molecule has 3 heteroatoms. The molecule has 2 heterocycles. The average Bonchev–Trinajstić information content (AvgIpc) is 3.67. The maximum atomic E-state index is 6.21. The highest BCUT2D eigenvalue weighted by atomic mass is 32.1. The first-order chi connectivity index (χ1) is 22.3. The molecule has 9 rings (SSSR count). The first kappa shape index (κ1) is 25.8. The smallest absolute Gasteiger partial charge is 0.135 e. The van der Waals surface area contributed by atoms with Crippen molar-refractivity contribution in [1.29, 1.82) is 0 Å². The molecule has 45 heavy (non-hydrogen) atoms. The molecular weight excluding hydrogens is 567 g/mol. The van der Waals surface area contributed by atoms with Crippen LogP contribution in [0, 0.1) is 0 Å². The molecule has 0 spiro atoms. The van der Waals surface area contributed by atoms with Gasteiger partial charge in [-0.2, -0.15) is 0 Å². The molecule has 0 saturated heterocycles. The van der Waals surface area contributed by atoms with E-state index in [1.807, 2.05) is 23.5 Å². The fraction of sp³-hybridized carbons (Fsp3) is 0. The number of hydrogen-bond donors (Lipinski definition) is 0. The van der Waals surface area contributed by atoms with Gasteiger partial charge in [0.05, 0.1) is 5.69 Å². The number of para-hydroxylation sites is 2. The Hall–Kier alpha value is -5.64. The molecule has 0 bridgehead atoms. The van der Waals surface area contributed by atoms with Crippen molar-refractivity contribution in [2.24, 2.45) is 0 Å². The topological polar surface area (TPSA) is 16.4 Å². The van der Waals surface area contributed by atoms with Crippen LogP contribution in [0.3, 0.4) is 0 Å². The van der Waals surface area contributed by atoms with Crippen LogP contribution in [0.15, 0.2) is 168 Å².